The molecule has 114 valence electrons. The molecule has 0 N–H and O–H groups in total. The van der Waals surface area contributed by atoms with Crippen LogP contribution in [0, 0.1) is 0 Å². The Morgan fingerprint density at radius 1 is 0.739 bits per heavy atom. The molecule has 3 aromatic rings. The zero-order valence-corrected chi connectivity index (χ0v) is 13.6. The van der Waals surface area contributed by atoms with Gasteiger partial charge in [0.15, 0.2) is 0 Å². The molecular formula is C18H13Cl2N3. The Kier molecular flexibility index (Phi) is 4.91. The number of nitrogens with zero attached hydrogens (tertiary/aromatic N) is 3. The van der Waals surface area contributed by atoms with E-state index in [-0.39, 0.29) is 0 Å². The van der Waals surface area contributed by atoms with Crippen LogP contribution in [0.3, 0.4) is 0 Å². The van der Waals surface area contributed by atoms with Crippen LogP contribution in [-0.2, 0) is 0 Å². The molecule has 0 aliphatic heterocycles. The summed E-state index contributed by atoms with van der Waals surface area (Å²) < 4.78 is 1.98. The van der Waals surface area contributed by atoms with Gasteiger partial charge in [0.2, 0.25) is 0 Å². The van der Waals surface area contributed by atoms with Gasteiger partial charge in [0, 0.05) is 28.1 Å². The van der Waals surface area contributed by atoms with E-state index in [1.165, 1.54) is 0 Å². The predicted molar refractivity (Wildman–Crippen MR) is 95.4 cm³/mol. The Morgan fingerprint density at radius 3 is 1.91 bits per heavy atom. The molecule has 3 rings (SSSR count). The summed E-state index contributed by atoms with van der Waals surface area (Å²) in [6.45, 7) is 0. The summed E-state index contributed by atoms with van der Waals surface area (Å²) in [6, 6.07) is 18.8. The van der Waals surface area contributed by atoms with Crippen molar-refractivity contribution in [1.82, 2.24) is 4.57 Å². The maximum atomic E-state index is 5.89. The van der Waals surface area contributed by atoms with Crippen molar-refractivity contribution < 1.29 is 0 Å². The van der Waals surface area contributed by atoms with E-state index in [0.717, 1.165) is 21.6 Å². The average molecular weight is 342 g/mol. The van der Waals surface area contributed by atoms with Gasteiger partial charge in [-0.05, 0) is 54.1 Å². The van der Waals surface area contributed by atoms with E-state index in [1.54, 1.807) is 6.21 Å². The fourth-order valence-corrected chi connectivity index (χ4v) is 2.23. The van der Waals surface area contributed by atoms with Crippen molar-refractivity contribution in [3.63, 3.8) is 0 Å². The standard InChI is InChI=1S/C18H13Cl2N3/c19-15-3-1-14(2-4-15)13-21-22-17-9-11-23(12-10-17)18-7-5-16(20)6-8-18/h1-13H. The van der Waals surface area contributed by atoms with Crippen LogP contribution < -0.4 is 5.36 Å². The molecule has 2 aromatic carbocycles. The normalized spacial score (nSPS) is 10.9. The number of pyridine rings is 1. The van der Waals surface area contributed by atoms with Crippen molar-refractivity contribution in [3.8, 4) is 5.69 Å². The summed E-state index contributed by atoms with van der Waals surface area (Å²) in [5.74, 6) is 0. The Balaban J connectivity index is 1.76. The molecule has 1 aromatic heterocycles. The second-order valence-corrected chi connectivity index (χ2v) is 5.71. The molecule has 0 bridgehead atoms. The summed E-state index contributed by atoms with van der Waals surface area (Å²) in [6.07, 6.45) is 5.55. The summed E-state index contributed by atoms with van der Waals surface area (Å²) in [5.41, 5.74) is 1.98. The number of halogens is 2. The maximum absolute atomic E-state index is 5.89. The van der Waals surface area contributed by atoms with Gasteiger partial charge in [-0.2, -0.15) is 10.2 Å². The number of benzene rings is 2. The smallest absolute Gasteiger partial charge is 0.0886 e. The molecule has 0 atom stereocenters. The van der Waals surface area contributed by atoms with E-state index in [1.807, 2.05) is 77.6 Å². The van der Waals surface area contributed by atoms with E-state index in [9.17, 15) is 0 Å². The highest BCUT2D eigenvalue weighted by Crippen LogP contribution is 2.12. The number of hydrogen-bond acceptors (Lipinski definition) is 2. The first-order chi connectivity index (χ1) is 11.2. The first-order valence-corrected chi connectivity index (χ1v) is 7.73. The Labute approximate surface area is 144 Å². The summed E-state index contributed by atoms with van der Waals surface area (Å²) in [4.78, 5) is 0. The lowest BCUT2D eigenvalue weighted by Crippen LogP contribution is -2.03. The fourth-order valence-electron chi connectivity index (χ4n) is 1.98. The molecule has 0 aliphatic carbocycles. The lowest BCUT2D eigenvalue weighted by atomic mass is 10.2. The van der Waals surface area contributed by atoms with Gasteiger partial charge in [-0.25, -0.2) is 0 Å². The molecule has 0 spiro atoms. The minimum absolute atomic E-state index is 0.703. The minimum atomic E-state index is 0.703. The molecule has 23 heavy (non-hydrogen) atoms. The summed E-state index contributed by atoms with van der Waals surface area (Å²) in [5, 5.41) is 10.5. The largest absolute Gasteiger partial charge is 0.324 e. The Hall–Kier alpha value is -2.36. The fraction of sp³-hybridized carbons (Fsp3) is 0. The van der Waals surface area contributed by atoms with Gasteiger partial charge < -0.3 is 4.57 Å². The molecule has 3 nitrogen and oxygen atoms in total. The summed E-state index contributed by atoms with van der Waals surface area (Å²) >= 11 is 11.7. The van der Waals surface area contributed by atoms with Gasteiger partial charge in [0.05, 0.1) is 11.6 Å². The van der Waals surface area contributed by atoms with Crippen molar-refractivity contribution in [1.29, 1.82) is 0 Å². The quantitative estimate of drug-likeness (QED) is 0.487. The lowest BCUT2D eigenvalue weighted by molar-refractivity contribution is 1.02. The van der Waals surface area contributed by atoms with Crippen LogP contribution in [0.2, 0.25) is 10.0 Å². The third kappa shape index (κ3) is 4.31. The van der Waals surface area contributed by atoms with Crippen molar-refractivity contribution in [2.75, 3.05) is 0 Å². The van der Waals surface area contributed by atoms with Crippen LogP contribution in [0.25, 0.3) is 5.69 Å². The van der Waals surface area contributed by atoms with Crippen molar-refractivity contribution in [3.05, 3.63) is 94.0 Å². The van der Waals surface area contributed by atoms with Crippen molar-refractivity contribution >= 4 is 29.4 Å². The Morgan fingerprint density at radius 2 is 1.30 bits per heavy atom. The molecule has 1 heterocycles. The van der Waals surface area contributed by atoms with Crippen LogP contribution in [0.15, 0.2) is 83.3 Å². The molecular weight excluding hydrogens is 329 g/mol. The van der Waals surface area contributed by atoms with E-state index in [0.29, 0.717) is 5.02 Å². The van der Waals surface area contributed by atoms with Crippen molar-refractivity contribution in [2.24, 2.45) is 10.2 Å². The summed E-state index contributed by atoms with van der Waals surface area (Å²) in [7, 11) is 0. The van der Waals surface area contributed by atoms with Gasteiger partial charge in [-0.3, -0.25) is 0 Å². The second kappa shape index (κ2) is 7.27. The number of aromatic nitrogens is 1. The van der Waals surface area contributed by atoms with E-state index < -0.39 is 0 Å². The highest BCUT2D eigenvalue weighted by molar-refractivity contribution is 6.30. The third-order valence-electron chi connectivity index (χ3n) is 3.19. The van der Waals surface area contributed by atoms with Crippen LogP contribution in [0.4, 0.5) is 0 Å². The molecule has 0 fully saturated rings. The highest BCUT2D eigenvalue weighted by Gasteiger charge is 1.93. The number of hydrogen-bond donors (Lipinski definition) is 0. The van der Waals surface area contributed by atoms with E-state index in [2.05, 4.69) is 10.2 Å². The van der Waals surface area contributed by atoms with Gasteiger partial charge >= 0.3 is 0 Å². The zero-order chi connectivity index (χ0) is 16.1. The predicted octanol–water partition coefficient (Wildman–Crippen LogP) is 4.72. The van der Waals surface area contributed by atoms with Crippen LogP contribution in [0.1, 0.15) is 5.56 Å². The second-order valence-electron chi connectivity index (χ2n) is 4.84. The van der Waals surface area contributed by atoms with Crippen LogP contribution in [-0.4, -0.2) is 10.8 Å². The molecule has 0 radical (unpaired) electrons. The zero-order valence-electron chi connectivity index (χ0n) is 12.1. The molecule has 0 aliphatic rings. The molecule has 0 amide bonds. The number of rotatable bonds is 3. The molecule has 0 saturated carbocycles. The Bertz CT molecular complexity index is 859. The van der Waals surface area contributed by atoms with Crippen LogP contribution in [0.5, 0.6) is 0 Å². The third-order valence-corrected chi connectivity index (χ3v) is 3.69. The first kappa shape index (κ1) is 15.5. The first-order valence-electron chi connectivity index (χ1n) is 6.98. The van der Waals surface area contributed by atoms with Crippen LogP contribution >= 0.6 is 23.2 Å². The monoisotopic (exact) mass is 341 g/mol. The topological polar surface area (TPSA) is 29.6 Å². The van der Waals surface area contributed by atoms with Crippen molar-refractivity contribution in [2.45, 2.75) is 0 Å². The SMILES string of the molecule is Clc1ccc(C=NN=c2ccn(-c3ccc(Cl)cc3)cc2)cc1. The minimum Gasteiger partial charge on any atom is -0.324 e. The molecule has 5 heteroatoms. The van der Waals surface area contributed by atoms with E-state index in [4.69, 9.17) is 23.2 Å². The van der Waals surface area contributed by atoms with E-state index >= 15 is 0 Å². The average Bonchev–Trinajstić information content (AvgIpc) is 2.58. The van der Waals surface area contributed by atoms with Gasteiger partial charge in [0.1, 0.15) is 0 Å². The van der Waals surface area contributed by atoms with Gasteiger partial charge in [-0.1, -0.05) is 35.3 Å². The molecule has 0 unspecified atom stereocenters. The van der Waals surface area contributed by atoms with Gasteiger partial charge in [-0.15, -0.1) is 0 Å². The maximum Gasteiger partial charge on any atom is 0.0886 e. The highest BCUT2D eigenvalue weighted by atomic mass is 35.5. The lowest BCUT2D eigenvalue weighted by Gasteiger charge is -2.05. The van der Waals surface area contributed by atoms with Gasteiger partial charge in [0.25, 0.3) is 0 Å². The molecule has 0 saturated heterocycles.